The molecule has 0 bridgehead atoms. The minimum atomic E-state index is -0.479. The lowest BCUT2D eigenvalue weighted by molar-refractivity contribution is 0.255. The summed E-state index contributed by atoms with van der Waals surface area (Å²) in [6.45, 7) is 2.01. The molecule has 2 aromatic rings. The highest BCUT2D eigenvalue weighted by atomic mass is 16.5. The molecule has 1 atom stereocenters. The quantitative estimate of drug-likeness (QED) is 0.936. The molecule has 0 spiro atoms. The summed E-state index contributed by atoms with van der Waals surface area (Å²) >= 11 is 0. The predicted octanol–water partition coefficient (Wildman–Crippen LogP) is 3.12. The van der Waals surface area contributed by atoms with Crippen LogP contribution in [-0.4, -0.2) is 10.1 Å². The molecule has 4 rings (SSSR count). The van der Waals surface area contributed by atoms with Crippen LogP contribution in [0.1, 0.15) is 56.3 Å². The summed E-state index contributed by atoms with van der Waals surface area (Å²) in [5.41, 5.74) is 7.14. The minimum absolute atomic E-state index is 0.0668. The Labute approximate surface area is 124 Å². The van der Waals surface area contributed by atoms with Crippen LogP contribution >= 0.6 is 0 Å². The zero-order valence-electron chi connectivity index (χ0n) is 12.4. The number of nitrogens with two attached hydrogens (primary N) is 1. The Hall–Kier alpha value is -1.68. The third-order valence-electron chi connectivity index (χ3n) is 5.27. The van der Waals surface area contributed by atoms with Crippen LogP contribution in [0.5, 0.6) is 0 Å². The van der Waals surface area contributed by atoms with Crippen LogP contribution in [-0.2, 0) is 11.0 Å². The van der Waals surface area contributed by atoms with Crippen LogP contribution in [0.4, 0.5) is 0 Å². The Morgan fingerprint density at radius 2 is 1.95 bits per heavy atom. The fraction of sp³-hybridized carbons (Fsp3) is 0.529. The second-order valence-corrected chi connectivity index (χ2v) is 6.78. The minimum Gasteiger partial charge on any atom is -0.337 e. The SMILES string of the molecule is CC(N)(c1nc(C2(c3ccccc3)CCC2)no1)C1CC1. The van der Waals surface area contributed by atoms with Crippen molar-refractivity contribution in [1.29, 1.82) is 0 Å². The van der Waals surface area contributed by atoms with Gasteiger partial charge in [-0.15, -0.1) is 0 Å². The van der Waals surface area contributed by atoms with Gasteiger partial charge in [-0.25, -0.2) is 0 Å². The van der Waals surface area contributed by atoms with Gasteiger partial charge in [0.05, 0.1) is 11.0 Å². The lowest BCUT2D eigenvalue weighted by atomic mass is 9.64. The van der Waals surface area contributed by atoms with Crippen molar-refractivity contribution in [1.82, 2.24) is 10.1 Å². The molecule has 1 aromatic heterocycles. The van der Waals surface area contributed by atoms with Gasteiger partial charge in [0.2, 0.25) is 5.89 Å². The molecule has 1 unspecified atom stereocenters. The van der Waals surface area contributed by atoms with Crippen LogP contribution in [0.25, 0.3) is 0 Å². The van der Waals surface area contributed by atoms with E-state index in [1.54, 1.807) is 0 Å². The number of aromatic nitrogens is 2. The third-order valence-corrected chi connectivity index (χ3v) is 5.27. The van der Waals surface area contributed by atoms with Gasteiger partial charge in [-0.3, -0.25) is 0 Å². The highest BCUT2D eigenvalue weighted by molar-refractivity contribution is 5.35. The number of hydrogen-bond donors (Lipinski definition) is 1. The monoisotopic (exact) mass is 283 g/mol. The molecular formula is C17H21N3O. The smallest absolute Gasteiger partial charge is 0.246 e. The Kier molecular flexibility index (Phi) is 2.73. The molecule has 0 aliphatic heterocycles. The summed E-state index contributed by atoms with van der Waals surface area (Å²) in [5, 5.41) is 4.30. The van der Waals surface area contributed by atoms with Gasteiger partial charge >= 0.3 is 0 Å². The van der Waals surface area contributed by atoms with Crippen LogP contribution in [0.2, 0.25) is 0 Å². The van der Waals surface area contributed by atoms with Crippen molar-refractivity contribution in [3.05, 3.63) is 47.6 Å². The maximum absolute atomic E-state index is 6.40. The van der Waals surface area contributed by atoms with Gasteiger partial charge in [0.1, 0.15) is 0 Å². The summed E-state index contributed by atoms with van der Waals surface area (Å²) in [6, 6.07) is 10.5. The Bertz CT molecular complexity index is 639. The lowest BCUT2D eigenvalue weighted by Crippen LogP contribution is -2.38. The highest BCUT2D eigenvalue weighted by Gasteiger charge is 2.48. The summed E-state index contributed by atoms with van der Waals surface area (Å²) in [4.78, 5) is 4.71. The van der Waals surface area contributed by atoms with Crippen molar-refractivity contribution in [3.8, 4) is 0 Å². The summed E-state index contributed by atoms with van der Waals surface area (Å²) in [5.74, 6) is 1.90. The fourth-order valence-corrected chi connectivity index (χ4v) is 3.42. The summed E-state index contributed by atoms with van der Waals surface area (Å²) < 4.78 is 5.55. The van der Waals surface area contributed by atoms with E-state index >= 15 is 0 Å². The van der Waals surface area contributed by atoms with E-state index in [1.807, 2.05) is 13.0 Å². The number of benzene rings is 1. The van der Waals surface area contributed by atoms with Gasteiger partial charge in [-0.05, 0) is 44.1 Å². The zero-order chi connectivity index (χ0) is 14.5. The van der Waals surface area contributed by atoms with E-state index in [4.69, 9.17) is 15.2 Å². The van der Waals surface area contributed by atoms with E-state index in [0.29, 0.717) is 11.8 Å². The second-order valence-electron chi connectivity index (χ2n) is 6.78. The normalized spacial score (nSPS) is 23.3. The molecule has 0 saturated heterocycles. The molecule has 0 amide bonds. The van der Waals surface area contributed by atoms with E-state index in [0.717, 1.165) is 31.5 Å². The molecule has 2 aliphatic rings. The van der Waals surface area contributed by atoms with Crippen molar-refractivity contribution in [2.75, 3.05) is 0 Å². The molecule has 1 heterocycles. The van der Waals surface area contributed by atoms with Gasteiger partial charge in [-0.1, -0.05) is 41.9 Å². The first-order valence-electron chi connectivity index (χ1n) is 7.82. The number of hydrogen-bond acceptors (Lipinski definition) is 4. The lowest BCUT2D eigenvalue weighted by Gasteiger charge is -2.39. The molecule has 2 N–H and O–H groups in total. The molecule has 2 saturated carbocycles. The van der Waals surface area contributed by atoms with Crippen molar-refractivity contribution < 1.29 is 4.52 Å². The van der Waals surface area contributed by atoms with Crippen LogP contribution in [0.3, 0.4) is 0 Å². The van der Waals surface area contributed by atoms with Crippen LogP contribution in [0.15, 0.2) is 34.9 Å². The molecule has 0 radical (unpaired) electrons. The van der Waals surface area contributed by atoms with Crippen molar-refractivity contribution >= 4 is 0 Å². The molecule has 4 heteroatoms. The van der Waals surface area contributed by atoms with E-state index in [1.165, 1.54) is 12.0 Å². The topological polar surface area (TPSA) is 64.9 Å². The first-order chi connectivity index (χ1) is 10.1. The molecule has 1 aromatic carbocycles. The highest BCUT2D eigenvalue weighted by Crippen LogP contribution is 2.49. The number of rotatable bonds is 4. The Morgan fingerprint density at radius 1 is 1.24 bits per heavy atom. The summed E-state index contributed by atoms with van der Waals surface area (Å²) in [7, 11) is 0. The largest absolute Gasteiger partial charge is 0.337 e. The van der Waals surface area contributed by atoms with Gasteiger partial charge < -0.3 is 10.3 Å². The predicted molar refractivity (Wildman–Crippen MR) is 79.6 cm³/mol. The van der Waals surface area contributed by atoms with Gasteiger partial charge in [0.15, 0.2) is 5.82 Å². The first kappa shape index (κ1) is 13.0. The molecule has 2 aliphatic carbocycles. The first-order valence-corrected chi connectivity index (χ1v) is 7.82. The standard InChI is InChI=1S/C17H21N3O/c1-16(18,12-8-9-12)15-19-14(20-21-15)17(10-5-11-17)13-6-3-2-4-7-13/h2-4,6-7,12H,5,8-11,18H2,1H3. The van der Waals surface area contributed by atoms with E-state index in [2.05, 4.69) is 29.4 Å². The average molecular weight is 283 g/mol. The van der Waals surface area contributed by atoms with Gasteiger partial charge in [0.25, 0.3) is 0 Å². The second kappa shape index (κ2) is 4.41. The maximum Gasteiger partial charge on any atom is 0.246 e. The van der Waals surface area contributed by atoms with E-state index < -0.39 is 5.54 Å². The number of nitrogens with zero attached hydrogens (tertiary/aromatic N) is 2. The third kappa shape index (κ3) is 1.93. The van der Waals surface area contributed by atoms with Crippen molar-refractivity contribution in [2.45, 2.75) is 50.0 Å². The fourth-order valence-electron chi connectivity index (χ4n) is 3.42. The Morgan fingerprint density at radius 3 is 2.52 bits per heavy atom. The average Bonchev–Trinajstić information content (AvgIpc) is 3.19. The van der Waals surface area contributed by atoms with E-state index in [-0.39, 0.29) is 5.41 Å². The summed E-state index contributed by atoms with van der Waals surface area (Å²) in [6.07, 6.45) is 5.70. The van der Waals surface area contributed by atoms with Gasteiger partial charge in [-0.2, -0.15) is 4.98 Å². The molecule has 21 heavy (non-hydrogen) atoms. The molecular weight excluding hydrogens is 262 g/mol. The van der Waals surface area contributed by atoms with E-state index in [9.17, 15) is 0 Å². The van der Waals surface area contributed by atoms with Crippen molar-refractivity contribution in [2.24, 2.45) is 11.7 Å². The van der Waals surface area contributed by atoms with Crippen molar-refractivity contribution in [3.63, 3.8) is 0 Å². The Balaban J connectivity index is 1.71. The zero-order valence-corrected chi connectivity index (χ0v) is 12.4. The molecule has 2 fully saturated rings. The van der Waals surface area contributed by atoms with Crippen LogP contribution < -0.4 is 5.73 Å². The molecule has 4 nitrogen and oxygen atoms in total. The maximum atomic E-state index is 6.40. The van der Waals surface area contributed by atoms with Gasteiger partial charge in [0, 0.05) is 0 Å². The van der Waals surface area contributed by atoms with Crippen LogP contribution in [0, 0.1) is 5.92 Å². The molecule has 110 valence electrons.